The molecule has 0 saturated heterocycles. The van der Waals surface area contributed by atoms with Crippen molar-refractivity contribution >= 4 is 27.7 Å². The number of para-hydroxylation sites is 1. The number of nitrogens with one attached hydrogen (secondary N) is 2. The molecular weight excluding hydrogens is 402 g/mol. The first-order valence-corrected chi connectivity index (χ1v) is 11.0. The zero-order valence-electron chi connectivity index (χ0n) is 18.2. The number of hydrogen-bond acceptors (Lipinski definition) is 4. The van der Waals surface area contributed by atoms with Gasteiger partial charge in [-0.25, -0.2) is 0 Å². The summed E-state index contributed by atoms with van der Waals surface area (Å²) in [4.78, 5) is 18.4. The van der Waals surface area contributed by atoms with Crippen molar-refractivity contribution in [1.82, 2.24) is 15.2 Å². The van der Waals surface area contributed by atoms with Crippen LogP contribution >= 0.6 is 0 Å². The number of H-pyrrole nitrogens is 1. The van der Waals surface area contributed by atoms with E-state index in [2.05, 4.69) is 28.5 Å². The maximum Gasteiger partial charge on any atom is 0.252 e. The Balaban J connectivity index is 1.46. The SMILES string of the molecule is CN(C)CC(O)COc1ccc2c(c1)Cc1c-2c2c(c3c1[nH]c1ccccc13)CNC2=O. The van der Waals surface area contributed by atoms with Crippen LogP contribution in [-0.4, -0.2) is 54.2 Å². The Kier molecular flexibility index (Phi) is 4.28. The van der Waals surface area contributed by atoms with Crippen LogP contribution in [0.1, 0.15) is 27.0 Å². The van der Waals surface area contributed by atoms with Crippen molar-refractivity contribution in [2.24, 2.45) is 0 Å². The third-order valence-electron chi connectivity index (χ3n) is 6.55. The largest absolute Gasteiger partial charge is 0.491 e. The zero-order chi connectivity index (χ0) is 22.0. The predicted molar refractivity (Wildman–Crippen MR) is 125 cm³/mol. The van der Waals surface area contributed by atoms with Crippen molar-refractivity contribution in [2.75, 3.05) is 27.2 Å². The highest BCUT2D eigenvalue weighted by Crippen LogP contribution is 2.48. The highest BCUT2D eigenvalue weighted by molar-refractivity contribution is 6.19. The Hall–Kier alpha value is -3.35. The van der Waals surface area contributed by atoms with E-state index in [0.717, 1.165) is 61.8 Å². The van der Waals surface area contributed by atoms with Gasteiger partial charge < -0.3 is 25.0 Å². The number of carbonyl (C=O) groups excluding carboxylic acids is 1. The second kappa shape index (κ2) is 7.08. The van der Waals surface area contributed by atoms with Crippen molar-refractivity contribution in [2.45, 2.75) is 19.1 Å². The molecular formula is C26H25N3O3. The van der Waals surface area contributed by atoms with E-state index in [-0.39, 0.29) is 12.5 Å². The lowest BCUT2D eigenvalue weighted by molar-refractivity contribution is 0.0831. The molecule has 1 aromatic heterocycles. The first kappa shape index (κ1) is 19.3. The molecule has 6 rings (SSSR count). The van der Waals surface area contributed by atoms with Gasteiger partial charge in [-0.05, 0) is 54.5 Å². The number of aromatic amines is 1. The van der Waals surface area contributed by atoms with Crippen molar-refractivity contribution in [3.05, 3.63) is 64.7 Å². The average molecular weight is 428 g/mol. The summed E-state index contributed by atoms with van der Waals surface area (Å²) in [5, 5.41) is 15.5. The molecule has 1 atom stereocenters. The number of likely N-dealkylation sites (N-methyl/N-ethyl adjacent to an activating group) is 1. The van der Waals surface area contributed by atoms with E-state index in [1.54, 1.807) is 0 Å². The number of ether oxygens (including phenoxy) is 1. The van der Waals surface area contributed by atoms with Crippen LogP contribution in [-0.2, 0) is 13.0 Å². The maximum absolute atomic E-state index is 12.9. The van der Waals surface area contributed by atoms with Gasteiger partial charge in [-0.15, -0.1) is 0 Å². The molecule has 0 fully saturated rings. The van der Waals surface area contributed by atoms with Crippen LogP contribution in [0.25, 0.3) is 32.9 Å². The van der Waals surface area contributed by atoms with Crippen LogP contribution in [0.15, 0.2) is 42.5 Å². The van der Waals surface area contributed by atoms with E-state index in [4.69, 9.17) is 4.74 Å². The quantitative estimate of drug-likeness (QED) is 0.402. The lowest BCUT2D eigenvalue weighted by Crippen LogP contribution is -2.30. The van der Waals surface area contributed by atoms with E-state index in [9.17, 15) is 9.90 Å². The Morgan fingerprint density at radius 1 is 1.12 bits per heavy atom. The molecule has 2 aliphatic rings. The summed E-state index contributed by atoms with van der Waals surface area (Å²) in [5.74, 6) is 0.742. The van der Waals surface area contributed by atoms with Gasteiger partial charge in [-0.3, -0.25) is 4.79 Å². The summed E-state index contributed by atoms with van der Waals surface area (Å²) >= 11 is 0. The normalized spacial score (nSPS) is 15.2. The number of carbonyl (C=O) groups is 1. The number of aliphatic hydroxyl groups is 1. The van der Waals surface area contributed by atoms with Crippen molar-refractivity contribution in [3.8, 4) is 16.9 Å². The fourth-order valence-corrected chi connectivity index (χ4v) is 5.30. The van der Waals surface area contributed by atoms with Gasteiger partial charge in [-0.2, -0.15) is 0 Å². The molecule has 0 radical (unpaired) electrons. The lowest BCUT2D eigenvalue weighted by atomic mass is 9.92. The van der Waals surface area contributed by atoms with E-state index in [1.807, 2.05) is 43.3 Å². The highest BCUT2D eigenvalue weighted by atomic mass is 16.5. The fourth-order valence-electron chi connectivity index (χ4n) is 5.30. The van der Waals surface area contributed by atoms with Crippen LogP contribution < -0.4 is 10.1 Å². The number of aromatic nitrogens is 1. The molecule has 1 unspecified atom stereocenters. The maximum atomic E-state index is 12.9. The Labute approximate surface area is 185 Å². The third kappa shape index (κ3) is 2.83. The van der Waals surface area contributed by atoms with Gasteiger partial charge in [0, 0.05) is 41.4 Å². The third-order valence-corrected chi connectivity index (χ3v) is 6.55. The van der Waals surface area contributed by atoms with Crippen LogP contribution in [0.4, 0.5) is 0 Å². The first-order chi connectivity index (χ1) is 15.5. The molecule has 3 aromatic carbocycles. The molecule has 1 amide bonds. The molecule has 2 heterocycles. The minimum atomic E-state index is -0.548. The Morgan fingerprint density at radius 2 is 1.97 bits per heavy atom. The van der Waals surface area contributed by atoms with E-state index < -0.39 is 6.10 Å². The van der Waals surface area contributed by atoms with E-state index in [1.165, 1.54) is 5.56 Å². The van der Waals surface area contributed by atoms with Gasteiger partial charge in [0.05, 0.1) is 11.1 Å². The van der Waals surface area contributed by atoms with Crippen molar-refractivity contribution < 1.29 is 14.6 Å². The fraction of sp³-hybridized carbons (Fsp3) is 0.269. The summed E-state index contributed by atoms with van der Waals surface area (Å²) in [6.45, 7) is 1.35. The van der Waals surface area contributed by atoms with Gasteiger partial charge in [0.2, 0.25) is 0 Å². The Morgan fingerprint density at radius 3 is 2.81 bits per heavy atom. The minimum absolute atomic E-state index is 0.00316. The summed E-state index contributed by atoms with van der Waals surface area (Å²) in [6, 6.07) is 14.3. The van der Waals surface area contributed by atoms with Crippen LogP contribution in [0.3, 0.4) is 0 Å². The molecule has 1 aliphatic heterocycles. The first-order valence-electron chi connectivity index (χ1n) is 11.0. The summed E-state index contributed by atoms with van der Waals surface area (Å²) in [6.07, 6.45) is 0.194. The van der Waals surface area contributed by atoms with Gasteiger partial charge in [0.15, 0.2) is 0 Å². The summed E-state index contributed by atoms with van der Waals surface area (Å²) in [7, 11) is 3.85. The topological polar surface area (TPSA) is 77.6 Å². The molecule has 6 heteroatoms. The number of aliphatic hydroxyl groups excluding tert-OH is 1. The molecule has 32 heavy (non-hydrogen) atoms. The average Bonchev–Trinajstić information content (AvgIpc) is 3.44. The molecule has 3 N–H and O–H groups in total. The zero-order valence-corrected chi connectivity index (χ0v) is 18.2. The van der Waals surface area contributed by atoms with Gasteiger partial charge in [-0.1, -0.05) is 24.3 Å². The van der Waals surface area contributed by atoms with Crippen LogP contribution in [0.5, 0.6) is 5.75 Å². The lowest BCUT2D eigenvalue weighted by Gasteiger charge is -2.17. The minimum Gasteiger partial charge on any atom is -0.491 e. The van der Waals surface area contributed by atoms with Crippen LogP contribution in [0, 0.1) is 0 Å². The standard InChI is InChI=1S/C26H25N3O3/c1-29(2)12-15(30)13-32-16-7-8-17-14(9-16)10-19-22(17)24-20(11-27-26(24)31)23-18-5-3-4-6-21(18)28-25(19)23/h3-9,15,28,30H,10-13H2,1-2H3,(H,27,31). The molecule has 4 aromatic rings. The number of benzene rings is 3. The molecule has 0 bridgehead atoms. The second-order valence-electron chi connectivity index (χ2n) is 9.03. The van der Waals surface area contributed by atoms with Crippen LogP contribution in [0.2, 0.25) is 0 Å². The summed E-state index contributed by atoms with van der Waals surface area (Å²) < 4.78 is 5.88. The smallest absolute Gasteiger partial charge is 0.252 e. The Bertz CT molecular complexity index is 1400. The number of fused-ring (bicyclic) bond motifs is 10. The second-order valence-corrected chi connectivity index (χ2v) is 9.03. The van der Waals surface area contributed by atoms with E-state index >= 15 is 0 Å². The molecule has 0 spiro atoms. The van der Waals surface area contributed by atoms with Crippen molar-refractivity contribution in [1.29, 1.82) is 0 Å². The number of hydrogen-bond donors (Lipinski definition) is 3. The predicted octanol–water partition coefficient (Wildman–Crippen LogP) is 3.44. The molecule has 6 nitrogen and oxygen atoms in total. The molecule has 162 valence electrons. The van der Waals surface area contributed by atoms with Gasteiger partial charge in [0.1, 0.15) is 18.5 Å². The highest BCUT2D eigenvalue weighted by Gasteiger charge is 2.34. The van der Waals surface area contributed by atoms with Gasteiger partial charge in [0.25, 0.3) is 5.91 Å². The number of amides is 1. The number of rotatable bonds is 5. The van der Waals surface area contributed by atoms with Gasteiger partial charge >= 0.3 is 0 Å². The van der Waals surface area contributed by atoms with Crippen molar-refractivity contribution in [3.63, 3.8) is 0 Å². The van der Waals surface area contributed by atoms with E-state index in [0.29, 0.717) is 13.1 Å². The summed E-state index contributed by atoms with van der Waals surface area (Å²) in [5.41, 5.74) is 8.56. The monoisotopic (exact) mass is 427 g/mol. The number of nitrogens with zero attached hydrogens (tertiary/aromatic N) is 1. The molecule has 0 saturated carbocycles. The molecule has 1 aliphatic carbocycles.